The van der Waals surface area contributed by atoms with Crippen LogP contribution in [-0.4, -0.2) is 17.9 Å². The lowest BCUT2D eigenvalue weighted by atomic mass is 9.99. The van der Waals surface area contributed by atoms with Gasteiger partial charge in [-0.3, -0.25) is 14.6 Å². The van der Waals surface area contributed by atoms with E-state index in [4.69, 9.17) is 0 Å². The number of halogens is 1. The molecule has 1 unspecified atom stereocenters. The van der Waals surface area contributed by atoms with E-state index < -0.39 is 0 Å². The fourth-order valence-corrected chi connectivity index (χ4v) is 5.00. The number of hydrogen-bond acceptors (Lipinski definition) is 4. The van der Waals surface area contributed by atoms with Crippen molar-refractivity contribution >= 4 is 28.9 Å². The number of fused-ring (bicyclic) bond motifs is 1. The zero-order valence-electron chi connectivity index (χ0n) is 18.6. The molecule has 2 heterocycles. The average molecular weight is 457 g/mol. The summed E-state index contributed by atoms with van der Waals surface area (Å²) in [5.74, 6) is -0.143. The van der Waals surface area contributed by atoms with E-state index in [9.17, 15) is 14.0 Å². The van der Waals surface area contributed by atoms with Crippen LogP contribution in [0.3, 0.4) is 0 Å². The van der Waals surface area contributed by atoms with Gasteiger partial charge in [0.2, 0.25) is 11.8 Å². The molecular weight excluding hydrogens is 431 g/mol. The normalized spacial score (nSPS) is 21.6. The molecule has 0 bridgehead atoms. The van der Waals surface area contributed by atoms with Crippen LogP contribution in [0.1, 0.15) is 36.4 Å². The summed E-state index contributed by atoms with van der Waals surface area (Å²) in [4.78, 5) is 27.6. The first-order valence-electron chi connectivity index (χ1n) is 11.7. The molecule has 0 radical (unpaired) electrons. The monoisotopic (exact) mass is 456 g/mol. The number of anilines is 3. The lowest BCUT2D eigenvalue weighted by Gasteiger charge is -2.29. The summed E-state index contributed by atoms with van der Waals surface area (Å²) in [5.41, 5.74) is 8.00. The number of benzene rings is 3. The molecule has 1 aliphatic carbocycles. The Balaban J connectivity index is 1.33. The number of carbonyl (C=O) groups is 2. The predicted octanol–water partition coefficient (Wildman–Crippen LogP) is 4.35. The van der Waals surface area contributed by atoms with E-state index in [0.717, 1.165) is 41.0 Å². The molecular formula is C27H25FN4O2. The first-order chi connectivity index (χ1) is 16.6. The third-order valence-corrected chi connectivity index (χ3v) is 6.83. The van der Waals surface area contributed by atoms with Crippen molar-refractivity contribution in [1.82, 2.24) is 10.7 Å². The summed E-state index contributed by atoms with van der Waals surface area (Å²) in [7, 11) is 0. The summed E-state index contributed by atoms with van der Waals surface area (Å²) in [6.45, 7) is 0.598. The molecule has 2 amide bonds. The van der Waals surface area contributed by atoms with Gasteiger partial charge in [0.1, 0.15) is 5.82 Å². The molecule has 3 aliphatic rings. The Morgan fingerprint density at radius 2 is 1.71 bits per heavy atom. The molecule has 6 rings (SSSR count). The summed E-state index contributed by atoms with van der Waals surface area (Å²) in [6.07, 6.45) is 2.12. The second-order valence-electron chi connectivity index (χ2n) is 9.17. The maximum Gasteiger partial charge on any atom is 0.229 e. The predicted molar refractivity (Wildman–Crippen MR) is 128 cm³/mol. The molecule has 172 valence electrons. The van der Waals surface area contributed by atoms with Crippen LogP contribution in [0, 0.1) is 11.7 Å². The molecule has 1 saturated heterocycles. The van der Waals surface area contributed by atoms with Crippen molar-refractivity contribution in [2.24, 2.45) is 5.92 Å². The van der Waals surface area contributed by atoms with E-state index in [1.54, 1.807) is 12.1 Å². The van der Waals surface area contributed by atoms with E-state index >= 15 is 0 Å². The summed E-state index contributed by atoms with van der Waals surface area (Å²) < 4.78 is 13.4. The molecule has 34 heavy (non-hydrogen) atoms. The number of rotatable bonds is 5. The summed E-state index contributed by atoms with van der Waals surface area (Å²) in [5, 5.41) is 5.08. The fourth-order valence-electron chi connectivity index (χ4n) is 5.00. The van der Waals surface area contributed by atoms with Crippen LogP contribution in [0.25, 0.3) is 0 Å². The molecule has 0 aromatic heterocycles. The summed E-state index contributed by atoms with van der Waals surface area (Å²) >= 11 is 0. The highest BCUT2D eigenvalue weighted by Crippen LogP contribution is 2.41. The Bertz CT molecular complexity index is 1240. The zero-order chi connectivity index (χ0) is 23.2. The second kappa shape index (κ2) is 8.25. The van der Waals surface area contributed by atoms with Gasteiger partial charge in [-0.1, -0.05) is 30.3 Å². The zero-order valence-corrected chi connectivity index (χ0v) is 18.6. The van der Waals surface area contributed by atoms with Gasteiger partial charge in [0, 0.05) is 24.6 Å². The third-order valence-electron chi connectivity index (χ3n) is 6.83. The molecule has 2 N–H and O–H groups in total. The van der Waals surface area contributed by atoms with Gasteiger partial charge in [-0.05, 0) is 66.4 Å². The van der Waals surface area contributed by atoms with Crippen molar-refractivity contribution < 1.29 is 14.0 Å². The number of carbonyl (C=O) groups excluding carboxylic acids is 2. The molecule has 2 aliphatic heterocycles. The van der Waals surface area contributed by atoms with E-state index in [-0.39, 0.29) is 42.1 Å². The van der Waals surface area contributed by atoms with Gasteiger partial charge in [-0.25, -0.2) is 9.82 Å². The van der Waals surface area contributed by atoms with Crippen LogP contribution in [0.2, 0.25) is 0 Å². The van der Waals surface area contributed by atoms with Gasteiger partial charge < -0.3 is 10.2 Å². The highest BCUT2D eigenvalue weighted by Gasteiger charge is 2.44. The van der Waals surface area contributed by atoms with Gasteiger partial charge in [0.15, 0.2) is 0 Å². The molecule has 7 heteroatoms. The number of hydrazine groups is 1. The standard InChI is InChI=1S/C27H25FN4O2/c28-20-8-10-21(11-9-20)32-24-13-12-22(14-19(24)16-29-32)31-25(33)15-23(30-27(34)18-6-7-18)26(31)17-4-2-1-3-5-17/h1-5,8-14,18,23,26,29H,6-7,15-16H2,(H,30,34)/t23-,26?/m0/s1. The molecule has 2 fully saturated rings. The molecule has 3 aromatic rings. The maximum atomic E-state index is 13.4. The molecule has 3 aromatic carbocycles. The van der Waals surface area contributed by atoms with Crippen LogP contribution in [0.15, 0.2) is 72.8 Å². The SMILES string of the molecule is O=C(N[C@H]1CC(=O)N(c2ccc3c(c2)CNN3c2ccc(F)cc2)C1c1ccccc1)C1CC1. The van der Waals surface area contributed by atoms with E-state index in [0.29, 0.717) is 6.54 Å². The fraction of sp³-hybridized carbons (Fsp3) is 0.259. The Kier molecular flexibility index (Phi) is 5.07. The van der Waals surface area contributed by atoms with Crippen LogP contribution in [-0.2, 0) is 16.1 Å². The van der Waals surface area contributed by atoms with Crippen molar-refractivity contribution in [1.29, 1.82) is 0 Å². The number of nitrogens with one attached hydrogen (secondary N) is 2. The second-order valence-corrected chi connectivity index (χ2v) is 9.17. The molecule has 0 spiro atoms. The minimum absolute atomic E-state index is 0.00348. The van der Waals surface area contributed by atoms with Gasteiger partial charge in [-0.15, -0.1) is 0 Å². The first kappa shape index (κ1) is 20.9. The van der Waals surface area contributed by atoms with E-state index in [1.165, 1.54) is 12.1 Å². The largest absolute Gasteiger partial charge is 0.350 e. The smallest absolute Gasteiger partial charge is 0.229 e. The Morgan fingerprint density at radius 1 is 0.971 bits per heavy atom. The lowest BCUT2D eigenvalue weighted by molar-refractivity contribution is -0.123. The lowest BCUT2D eigenvalue weighted by Crippen LogP contribution is -2.40. The molecule has 6 nitrogen and oxygen atoms in total. The molecule has 2 atom stereocenters. The van der Waals surface area contributed by atoms with Crippen LogP contribution in [0.4, 0.5) is 21.5 Å². The molecule has 1 saturated carbocycles. The van der Waals surface area contributed by atoms with Crippen molar-refractivity contribution in [3.63, 3.8) is 0 Å². The maximum absolute atomic E-state index is 13.4. The van der Waals surface area contributed by atoms with Gasteiger partial charge in [-0.2, -0.15) is 0 Å². The van der Waals surface area contributed by atoms with Crippen LogP contribution < -0.4 is 20.7 Å². The minimum atomic E-state index is -0.277. The highest BCUT2D eigenvalue weighted by molar-refractivity contribution is 5.98. The Hall–Kier alpha value is -3.71. The number of nitrogens with zero attached hydrogens (tertiary/aromatic N) is 2. The van der Waals surface area contributed by atoms with Crippen molar-refractivity contribution in [2.45, 2.75) is 37.9 Å². The van der Waals surface area contributed by atoms with Gasteiger partial charge in [0.05, 0.1) is 23.5 Å². The Labute approximate surface area is 197 Å². The quantitative estimate of drug-likeness (QED) is 0.599. The van der Waals surface area contributed by atoms with Crippen molar-refractivity contribution in [3.05, 3.63) is 89.7 Å². The van der Waals surface area contributed by atoms with E-state index in [1.807, 2.05) is 58.4 Å². The third kappa shape index (κ3) is 3.72. The minimum Gasteiger partial charge on any atom is -0.350 e. The van der Waals surface area contributed by atoms with Crippen molar-refractivity contribution in [2.75, 3.05) is 9.91 Å². The number of hydrogen-bond donors (Lipinski definition) is 2. The average Bonchev–Trinajstić information content (AvgIpc) is 3.55. The Morgan fingerprint density at radius 3 is 2.44 bits per heavy atom. The van der Waals surface area contributed by atoms with Crippen LogP contribution >= 0.6 is 0 Å². The van der Waals surface area contributed by atoms with Gasteiger partial charge in [0.25, 0.3) is 0 Å². The van der Waals surface area contributed by atoms with Crippen LogP contribution in [0.5, 0.6) is 0 Å². The van der Waals surface area contributed by atoms with Crippen molar-refractivity contribution in [3.8, 4) is 0 Å². The van der Waals surface area contributed by atoms with Gasteiger partial charge >= 0.3 is 0 Å². The summed E-state index contributed by atoms with van der Waals surface area (Å²) in [6, 6.07) is 21.7. The van der Waals surface area contributed by atoms with E-state index in [2.05, 4.69) is 10.7 Å². The highest BCUT2D eigenvalue weighted by atomic mass is 19.1. The first-order valence-corrected chi connectivity index (χ1v) is 11.7. The number of amides is 2. The topological polar surface area (TPSA) is 64.7 Å².